The maximum atomic E-state index is 10.7. The average molecular weight is 508 g/mol. The van der Waals surface area contributed by atoms with Gasteiger partial charge in [-0.1, -0.05) is 54.6 Å². The highest BCUT2D eigenvalue weighted by Crippen LogP contribution is 2.24. The maximum Gasteiger partial charge on any atom is 0.120 e. The standard InChI is InChI=1S/C27H34N2O3.2ClH/c1-27(2,22-12-8-13-23(17-22)31-3)29-18-26(30)25(28)16-21-11-7-14-24(15-21)32-19-20-9-5-4-6-10-20;;/h4-15,17,25-26,29-30H,16,18-19,28H2,1-3H3;2*1H. The molecule has 7 heteroatoms. The molecule has 0 fully saturated rings. The summed E-state index contributed by atoms with van der Waals surface area (Å²) in [5.41, 5.74) is 9.23. The molecule has 0 saturated heterocycles. The van der Waals surface area contributed by atoms with Crippen LogP contribution in [0.4, 0.5) is 0 Å². The molecule has 186 valence electrons. The molecule has 34 heavy (non-hydrogen) atoms. The number of nitrogens with two attached hydrogens (primary N) is 1. The molecule has 5 nitrogen and oxygen atoms in total. The van der Waals surface area contributed by atoms with Crippen LogP contribution in [0.15, 0.2) is 78.9 Å². The first-order valence-electron chi connectivity index (χ1n) is 11.0. The van der Waals surface area contributed by atoms with Crippen molar-refractivity contribution >= 4 is 24.8 Å². The van der Waals surface area contributed by atoms with E-state index in [0.717, 1.165) is 28.2 Å². The van der Waals surface area contributed by atoms with Gasteiger partial charge in [-0.3, -0.25) is 0 Å². The van der Waals surface area contributed by atoms with Crippen LogP contribution in [-0.2, 0) is 18.6 Å². The Morgan fingerprint density at radius 2 is 1.53 bits per heavy atom. The van der Waals surface area contributed by atoms with Crippen LogP contribution in [0.5, 0.6) is 11.5 Å². The zero-order chi connectivity index (χ0) is 23.0. The highest BCUT2D eigenvalue weighted by atomic mass is 35.5. The van der Waals surface area contributed by atoms with E-state index in [2.05, 4.69) is 19.2 Å². The number of aliphatic hydroxyl groups is 1. The molecule has 0 radical (unpaired) electrons. The summed E-state index contributed by atoms with van der Waals surface area (Å²) in [5.74, 6) is 1.61. The van der Waals surface area contributed by atoms with Gasteiger partial charge in [-0.15, -0.1) is 24.8 Å². The van der Waals surface area contributed by atoms with E-state index in [1.807, 2.05) is 78.9 Å². The summed E-state index contributed by atoms with van der Waals surface area (Å²) in [6.45, 7) is 5.05. The molecule has 3 aromatic rings. The Bertz CT molecular complexity index is 986. The lowest BCUT2D eigenvalue weighted by molar-refractivity contribution is 0.131. The number of ether oxygens (including phenoxy) is 2. The normalized spacial score (nSPS) is 12.6. The number of hydrogen-bond acceptors (Lipinski definition) is 5. The summed E-state index contributed by atoms with van der Waals surface area (Å²) < 4.78 is 11.2. The molecule has 0 heterocycles. The minimum absolute atomic E-state index is 0. The topological polar surface area (TPSA) is 76.7 Å². The van der Waals surface area contributed by atoms with Gasteiger partial charge in [-0.05, 0) is 61.2 Å². The first-order chi connectivity index (χ1) is 15.4. The summed E-state index contributed by atoms with van der Waals surface area (Å²) in [6, 6.07) is 25.5. The first kappa shape index (κ1) is 29.8. The minimum atomic E-state index is -0.686. The van der Waals surface area contributed by atoms with Crippen LogP contribution in [0.1, 0.15) is 30.5 Å². The lowest BCUT2D eigenvalue weighted by Gasteiger charge is -2.30. The summed E-state index contributed by atoms with van der Waals surface area (Å²) in [4.78, 5) is 0. The van der Waals surface area contributed by atoms with E-state index in [-0.39, 0.29) is 30.4 Å². The number of aliphatic hydroxyl groups excluding tert-OH is 1. The summed E-state index contributed by atoms with van der Waals surface area (Å²) >= 11 is 0. The molecule has 0 aliphatic heterocycles. The number of benzene rings is 3. The fourth-order valence-electron chi connectivity index (χ4n) is 3.54. The second-order valence-corrected chi connectivity index (χ2v) is 8.59. The van der Waals surface area contributed by atoms with Crippen LogP contribution < -0.4 is 20.5 Å². The third-order valence-electron chi connectivity index (χ3n) is 5.66. The molecule has 2 atom stereocenters. The minimum Gasteiger partial charge on any atom is -0.497 e. The molecular formula is C27H36Cl2N2O3. The van der Waals surface area contributed by atoms with Crippen molar-refractivity contribution in [3.05, 3.63) is 95.6 Å². The van der Waals surface area contributed by atoms with Crippen LogP contribution in [0.3, 0.4) is 0 Å². The highest BCUT2D eigenvalue weighted by Gasteiger charge is 2.23. The fourth-order valence-corrected chi connectivity index (χ4v) is 3.54. The molecule has 2 unspecified atom stereocenters. The Labute approximate surface area is 215 Å². The van der Waals surface area contributed by atoms with Gasteiger partial charge < -0.3 is 25.6 Å². The third-order valence-corrected chi connectivity index (χ3v) is 5.66. The Morgan fingerprint density at radius 1 is 0.882 bits per heavy atom. The van der Waals surface area contributed by atoms with E-state index in [0.29, 0.717) is 19.6 Å². The molecular weight excluding hydrogens is 471 g/mol. The second-order valence-electron chi connectivity index (χ2n) is 8.59. The predicted molar refractivity (Wildman–Crippen MR) is 143 cm³/mol. The number of hydrogen-bond donors (Lipinski definition) is 3. The van der Waals surface area contributed by atoms with Crippen molar-refractivity contribution in [2.45, 2.75) is 44.6 Å². The quantitative estimate of drug-likeness (QED) is 0.345. The molecule has 0 spiro atoms. The SMILES string of the molecule is COc1cccc(C(C)(C)NCC(O)C(N)Cc2cccc(OCc3ccccc3)c2)c1.Cl.Cl. The lowest BCUT2D eigenvalue weighted by Crippen LogP contribution is -2.48. The van der Waals surface area contributed by atoms with Gasteiger partial charge in [0.15, 0.2) is 0 Å². The largest absolute Gasteiger partial charge is 0.497 e. The Balaban J connectivity index is 0.00000289. The van der Waals surface area contributed by atoms with Crippen molar-refractivity contribution in [3.8, 4) is 11.5 Å². The van der Waals surface area contributed by atoms with Gasteiger partial charge in [-0.2, -0.15) is 0 Å². The molecule has 0 aliphatic rings. The zero-order valence-electron chi connectivity index (χ0n) is 19.9. The smallest absolute Gasteiger partial charge is 0.120 e. The van der Waals surface area contributed by atoms with Crippen LogP contribution in [0, 0.1) is 0 Å². The monoisotopic (exact) mass is 506 g/mol. The molecule has 0 amide bonds. The molecule has 3 rings (SSSR count). The average Bonchev–Trinajstić information content (AvgIpc) is 2.82. The van der Waals surface area contributed by atoms with Gasteiger partial charge in [0.25, 0.3) is 0 Å². The predicted octanol–water partition coefficient (Wildman–Crippen LogP) is 4.87. The number of nitrogens with one attached hydrogen (secondary N) is 1. The van der Waals surface area contributed by atoms with Gasteiger partial charge in [0, 0.05) is 18.1 Å². The maximum absolute atomic E-state index is 10.7. The fraction of sp³-hybridized carbons (Fsp3) is 0.333. The van der Waals surface area contributed by atoms with E-state index >= 15 is 0 Å². The van der Waals surface area contributed by atoms with Gasteiger partial charge in [0.2, 0.25) is 0 Å². The molecule has 0 saturated carbocycles. The Hall–Kier alpha value is -2.28. The first-order valence-corrected chi connectivity index (χ1v) is 11.0. The van der Waals surface area contributed by atoms with Gasteiger partial charge in [-0.25, -0.2) is 0 Å². The lowest BCUT2D eigenvalue weighted by atomic mass is 9.93. The van der Waals surface area contributed by atoms with E-state index < -0.39 is 12.1 Å². The zero-order valence-corrected chi connectivity index (χ0v) is 21.6. The van der Waals surface area contributed by atoms with Gasteiger partial charge >= 0.3 is 0 Å². The summed E-state index contributed by atoms with van der Waals surface area (Å²) in [6.07, 6.45) is -0.126. The van der Waals surface area contributed by atoms with Gasteiger partial charge in [0.05, 0.1) is 13.2 Å². The number of halogens is 2. The van der Waals surface area contributed by atoms with Crippen LogP contribution in [0.25, 0.3) is 0 Å². The summed E-state index contributed by atoms with van der Waals surface area (Å²) in [5, 5.41) is 14.1. The Morgan fingerprint density at radius 3 is 2.24 bits per heavy atom. The van der Waals surface area contributed by atoms with Gasteiger partial charge in [0.1, 0.15) is 18.1 Å². The number of methoxy groups -OCH3 is 1. The van der Waals surface area contributed by atoms with E-state index in [9.17, 15) is 5.11 Å². The van der Waals surface area contributed by atoms with Crippen LogP contribution in [0.2, 0.25) is 0 Å². The van der Waals surface area contributed by atoms with Crippen LogP contribution >= 0.6 is 24.8 Å². The highest BCUT2D eigenvalue weighted by molar-refractivity contribution is 5.85. The van der Waals surface area contributed by atoms with Crippen molar-refractivity contribution in [2.75, 3.05) is 13.7 Å². The van der Waals surface area contributed by atoms with Crippen molar-refractivity contribution < 1.29 is 14.6 Å². The van der Waals surface area contributed by atoms with Crippen molar-refractivity contribution in [1.29, 1.82) is 0 Å². The van der Waals surface area contributed by atoms with Crippen molar-refractivity contribution in [1.82, 2.24) is 5.32 Å². The van der Waals surface area contributed by atoms with E-state index in [1.165, 1.54) is 0 Å². The van der Waals surface area contributed by atoms with E-state index in [1.54, 1.807) is 7.11 Å². The van der Waals surface area contributed by atoms with Crippen molar-refractivity contribution in [3.63, 3.8) is 0 Å². The van der Waals surface area contributed by atoms with E-state index in [4.69, 9.17) is 15.2 Å². The molecule has 4 N–H and O–H groups in total. The number of rotatable bonds is 11. The Kier molecular flexibility index (Phi) is 12.4. The molecule has 3 aromatic carbocycles. The third kappa shape index (κ3) is 8.82. The molecule has 0 aromatic heterocycles. The second kappa shape index (κ2) is 14.2. The van der Waals surface area contributed by atoms with Crippen molar-refractivity contribution in [2.24, 2.45) is 5.73 Å². The molecule has 0 aliphatic carbocycles. The summed E-state index contributed by atoms with van der Waals surface area (Å²) in [7, 11) is 1.66. The van der Waals surface area contributed by atoms with Crippen LogP contribution in [-0.4, -0.2) is 30.9 Å². The molecule has 0 bridgehead atoms.